The zero-order valence-corrected chi connectivity index (χ0v) is 23.5. The number of aryl methyl sites for hydroxylation is 3. The number of nitrogens with one attached hydrogen (secondary N) is 1. The largest absolute Gasteiger partial charge is 0.352 e. The minimum absolute atomic E-state index is 0.0115. The van der Waals surface area contributed by atoms with Crippen LogP contribution in [0.25, 0.3) is 0 Å². The zero-order chi connectivity index (χ0) is 27.0. The van der Waals surface area contributed by atoms with Crippen molar-refractivity contribution in [2.45, 2.75) is 79.4 Å². The number of carbonyl (C=O) groups excluding carboxylic acids is 2. The van der Waals surface area contributed by atoms with Gasteiger partial charge in [0.25, 0.3) is 0 Å². The fourth-order valence-electron chi connectivity index (χ4n) is 4.04. The van der Waals surface area contributed by atoms with Gasteiger partial charge >= 0.3 is 0 Å². The van der Waals surface area contributed by atoms with Gasteiger partial charge in [-0.25, -0.2) is 8.42 Å². The highest BCUT2D eigenvalue weighted by molar-refractivity contribution is 7.92. The van der Waals surface area contributed by atoms with Crippen molar-refractivity contribution in [1.29, 1.82) is 0 Å². The second kappa shape index (κ2) is 12.9. The van der Waals surface area contributed by atoms with Crippen molar-refractivity contribution in [2.75, 3.05) is 17.1 Å². The van der Waals surface area contributed by atoms with Crippen molar-refractivity contribution in [3.05, 3.63) is 64.7 Å². The molecule has 2 rings (SSSR count). The van der Waals surface area contributed by atoms with E-state index in [1.165, 1.54) is 10.6 Å². The Kier molecular flexibility index (Phi) is 10.5. The summed E-state index contributed by atoms with van der Waals surface area (Å²) >= 11 is 0. The highest BCUT2D eigenvalue weighted by Crippen LogP contribution is 2.22. The molecule has 0 aromatic heterocycles. The summed E-state index contributed by atoms with van der Waals surface area (Å²) in [6.45, 7) is 12.0. The normalized spacial score (nSPS) is 13.1. The van der Waals surface area contributed by atoms with Crippen LogP contribution in [0, 0.1) is 20.8 Å². The number of benzene rings is 2. The summed E-state index contributed by atoms with van der Waals surface area (Å²) < 4.78 is 26.4. The number of rotatable bonds is 12. The molecule has 198 valence electrons. The van der Waals surface area contributed by atoms with Crippen LogP contribution in [-0.4, -0.2) is 50.0 Å². The second-order valence-corrected chi connectivity index (χ2v) is 11.7. The summed E-state index contributed by atoms with van der Waals surface area (Å²) in [5, 5.41) is 2.97. The number of nitrogens with zero attached hydrogens (tertiary/aromatic N) is 2. The molecule has 1 N–H and O–H groups in total. The molecule has 8 heteroatoms. The van der Waals surface area contributed by atoms with Gasteiger partial charge in [0, 0.05) is 25.6 Å². The number of hydrogen-bond acceptors (Lipinski definition) is 4. The Bertz CT molecular complexity index is 1130. The minimum Gasteiger partial charge on any atom is -0.352 e. The van der Waals surface area contributed by atoms with Gasteiger partial charge in [0.1, 0.15) is 6.04 Å². The van der Waals surface area contributed by atoms with Crippen molar-refractivity contribution in [3.8, 4) is 0 Å². The molecule has 0 aliphatic heterocycles. The van der Waals surface area contributed by atoms with E-state index in [1.54, 1.807) is 11.8 Å². The SMILES string of the molecule is CC[C@@H](C)NC(=O)[C@H](C)N(Cc1ccc(C)cc1)C(=O)CCCN(c1cc(C)cc(C)c1)S(C)(=O)=O. The average molecular weight is 516 g/mol. The highest BCUT2D eigenvalue weighted by Gasteiger charge is 2.27. The van der Waals surface area contributed by atoms with Gasteiger partial charge in [-0.1, -0.05) is 42.8 Å². The van der Waals surface area contributed by atoms with E-state index < -0.39 is 16.1 Å². The number of hydrogen-bond donors (Lipinski definition) is 1. The van der Waals surface area contributed by atoms with E-state index in [-0.39, 0.29) is 30.8 Å². The molecular weight excluding hydrogens is 474 g/mol. The highest BCUT2D eigenvalue weighted by atomic mass is 32.2. The lowest BCUT2D eigenvalue weighted by Gasteiger charge is -2.30. The van der Waals surface area contributed by atoms with E-state index in [1.807, 2.05) is 77.1 Å². The smallest absolute Gasteiger partial charge is 0.242 e. The zero-order valence-electron chi connectivity index (χ0n) is 22.7. The van der Waals surface area contributed by atoms with E-state index >= 15 is 0 Å². The van der Waals surface area contributed by atoms with Crippen molar-refractivity contribution in [1.82, 2.24) is 10.2 Å². The fraction of sp³-hybridized carbons (Fsp3) is 0.500. The topological polar surface area (TPSA) is 86.8 Å². The third-order valence-corrected chi connectivity index (χ3v) is 7.48. The Morgan fingerprint density at radius 1 is 0.944 bits per heavy atom. The molecule has 2 aromatic rings. The van der Waals surface area contributed by atoms with Crippen molar-refractivity contribution in [3.63, 3.8) is 0 Å². The van der Waals surface area contributed by atoms with Crippen LogP contribution in [0.15, 0.2) is 42.5 Å². The van der Waals surface area contributed by atoms with Gasteiger partial charge in [-0.05, 0) is 76.3 Å². The van der Waals surface area contributed by atoms with E-state index in [0.717, 1.165) is 28.7 Å². The Balaban J connectivity index is 2.19. The molecule has 0 fully saturated rings. The van der Waals surface area contributed by atoms with Gasteiger partial charge in [-0.3, -0.25) is 13.9 Å². The van der Waals surface area contributed by atoms with Crippen LogP contribution in [-0.2, 0) is 26.2 Å². The van der Waals surface area contributed by atoms with Gasteiger partial charge in [0.15, 0.2) is 0 Å². The third kappa shape index (κ3) is 8.66. The summed E-state index contributed by atoms with van der Waals surface area (Å²) in [7, 11) is -3.52. The van der Waals surface area contributed by atoms with Gasteiger partial charge in [-0.2, -0.15) is 0 Å². The standard InChI is InChI=1S/C28H41N3O4S/c1-8-23(5)29-28(33)24(6)30(19-25-13-11-20(2)12-14-25)27(32)10-9-15-31(36(7,34)35)26-17-21(3)16-22(4)18-26/h11-14,16-18,23-24H,8-10,15,19H2,1-7H3,(H,29,33)/t23-,24+/m1/s1. The lowest BCUT2D eigenvalue weighted by atomic mass is 10.1. The molecule has 0 heterocycles. The molecule has 0 saturated carbocycles. The van der Waals surface area contributed by atoms with E-state index in [4.69, 9.17) is 0 Å². The maximum atomic E-state index is 13.4. The molecule has 0 spiro atoms. The van der Waals surface area contributed by atoms with Crippen molar-refractivity contribution < 1.29 is 18.0 Å². The van der Waals surface area contributed by atoms with Gasteiger partial charge in [0.05, 0.1) is 11.9 Å². The van der Waals surface area contributed by atoms with Gasteiger partial charge in [0.2, 0.25) is 21.8 Å². The Morgan fingerprint density at radius 3 is 2.06 bits per heavy atom. The second-order valence-electron chi connectivity index (χ2n) is 9.79. The molecular formula is C28H41N3O4S. The summed E-state index contributed by atoms with van der Waals surface area (Å²) in [5.41, 5.74) is 4.59. The Labute approximate surface area is 216 Å². The van der Waals surface area contributed by atoms with Crippen LogP contribution >= 0.6 is 0 Å². The molecule has 2 atom stereocenters. The first-order valence-corrected chi connectivity index (χ1v) is 14.4. The molecule has 0 aliphatic rings. The number of amides is 2. The number of sulfonamides is 1. The number of anilines is 1. The Morgan fingerprint density at radius 2 is 1.53 bits per heavy atom. The van der Waals surface area contributed by atoms with Crippen LogP contribution in [0.3, 0.4) is 0 Å². The molecule has 0 saturated heterocycles. The Hall–Kier alpha value is -2.87. The number of carbonyl (C=O) groups is 2. The molecule has 0 bridgehead atoms. The van der Waals surface area contributed by atoms with Crippen LogP contribution in [0.4, 0.5) is 5.69 Å². The monoisotopic (exact) mass is 515 g/mol. The maximum Gasteiger partial charge on any atom is 0.242 e. The first-order valence-electron chi connectivity index (χ1n) is 12.5. The van der Waals surface area contributed by atoms with E-state index in [2.05, 4.69) is 5.32 Å². The van der Waals surface area contributed by atoms with Crippen LogP contribution in [0.2, 0.25) is 0 Å². The molecule has 2 amide bonds. The van der Waals surface area contributed by atoms with Crippen molar-refractivity contribution in [2.24, 2.45) is 0 Å². The minimum atomic E-state index is -3.52. The molecule has 0 radical (unpaired) electrons. The molecule has 0 unspecified atom stereocenters. The van der Waals surface area contributed by atoms with Crippen molar-refractivity contribution >= 4 is 27.5 Å². The summed E-state index contributed by atoms with van der Waals surface area (Å²) in [6, 6.07) is 12.9. The lowest BCUT2D eigenvalue weighted by molar-refractivity contribution is -0.140. The first kappa shape index (κ1) is 29.4. The predicted octanol–water partition coefficient (Wildman–Crippen LogP) is 4.49. The molecule has 2 aromatic carbocycles. The van der Waals surface area contributed by atoms with Gasteiger partial charge in [-0.15, -0.1) is 0 Å². The fourth-order valence-corrected chi connectivity index (χ4v) is 4.99. The molecule has 36 heavy (non-hydrogen) atoms. The molecule has 0 aliphatic carbocycles. The van der Waals surface area contributed by atoms with Gasteiger partial charge < -0.3 is 10.2 Å². The van der Waals surface area contributed by atoms with Crippen LogP contribution in [0.1, 0.15) is 62.3 Å². The summed E-state index contributed by atoms with van der Waals surface area (Å²) in [5.74, 6) is -0.380. The summed E-state index contributed by atoms with van der Waals surface area (Å²) in [6.07, 6.45) is 2.44. The van der Waals surface area contributed by atoms with E-state index in [0.29, 0.717) is 18.7 Å². The average Bonchev–Trinajstić information content (AvgIpc) is 2.79. The summed E-state index contributed by atoms with van der Waals surface area (Å²) in [4.78, 5) is 27.8. The third-order valence-electron chi connectivity index (χ3n) is 6.29. The van der Waals surface area contributed by atoms with Crippen LogP contribution in [0.5, 0.6) is 0 Å². The first-order chi connectivity index (χ1) is 16.8. The molecule has 7 nitrogen and oxygen atoms in total. The lowest BCUT2D eigenvalue weighted by Crippen LogP contribution is -2.49. The predicted molar refractivity (Wildman–Crippen MR) is 146 cm³/mol. The van der Waals surface area contributed by atoms with E-state index in [9.17, 15) is 18.0 Å². The van der Waals surface area contributed by atoms with Crippen LogP contribution < -0.4 is 9.62 Å². The maximum absolute atomic E-state index is 13.4. The quantitative estimate of drug-likeness (QED) is 0.451.